The van der Waals surface area contributed by atoms with E-state index < -0.39 is 23.2 Å². The summed E-state index contributed by atoms with van der Waals surface area (Å²) in [7, 11) is 0. The molecule has 1 saturated carbocycles. The summed E-state index contributed by atoms with van der Waals surface area (Å²) in [5, 5.41) is 16.1. The van der Waals surface area contributed by atoms with Gasteiger partial charge in [-0.2, -0.15) is 10.4 Å². The van der Waals surface area contributed by atoms with Crippen LogP contribution in [0.5, 0.6) is 0 Å². The molecule has 1 aliphatic rings. The highest BCUT2D eigenvalue weighted by molar-refractivity contribution is 6.04. The number of aromatic nitrogens is 2. The van der Waals surface area contributed by atoms with E-state index in [1.807, 2.05) is 18.2 Å². The van der Waals surface area contributed by atoms with Gasteiger partial charge in [-0.05, 0) is 71.8 Å². The Balaban J connectivity index is 1.47. The van der Waals surface area contributed by atoms with Crippen LogP contribution in [-0.4, -0.2) is 21.6 Å². The molecule has 1 unspecified atom stereocenters. The van der Waals surface area contributed by atoms with Crippen molar-refractivity contribution in [3.05, 3.63) is 112 Å². The van der Waals surface area contributed by atoms with Gasteiger partial charge in [0.25, 0.3) is 11.8 Å². The molecule has 1 aromatic heterocycles. The standard InChI is InChI=1S/C31H30FN7O2/c32-25-11-10-23(31(36,13-12-19-4-5-19)22-8-6-20(17-33)7-9-22)15-26(25)37-30(41)27-16-28(29(35)40)39(38-27)24-3-1-2-21(14-24)18-34/h1-3,6-11,14-16,19H,4-5,12-13,18,34,36H2,(H2,35,40)(H,37,41). The molecular weight excluding hydrogens is 521 g/mol. The second-order valence-corrected chi connectivity index (χ2v) is 10.4. The third-order valence-electron chi connectivity index (χ3n) is 7.49. The zero-order valence-corrected chi connectivity index (χ0v) is 22.3. The number of halogens is 1. The number of nitrogens with two attached hydrogens (primary N) is 3. The Morgan fingerprint density at radius 1 is 1.07 bits per heavy atom. The summed E-state index contributed by atoms with van der Waals surface area (Å²) >= 11 is 0. The van der Waals surface area contributed by atoms with E-state index in [0.717, 1.165) is 30.4 Å². The number of rotatable bonds is 10. The maximum atomic E-state index is 15.0. The first-order chi connectivity index (χ1) is 19.7. The molecule has 5 rings (SSSR count). The van der Waals surface area contributed by atoms with Gasteiger partial charge in [-0.15, -0.1) is 0 Å². The average molecular weight is 552 g/mol. The Bertz CT molecular complexity index is 1650. The van der Waals surface area contributed by atoms with Crippen molar-refractivity contribution < 1.29 is 14.0 Å². The number of amides is 2. The molecule has 1 fully saturated rings. The van der Waals surface area contributed by atoms with Crippen LogP contribution in [0.3, 0.4) is 0 Å². The Hall–Kier alpha value is -4.85. The number of carbonyl (C=O) groups is 2. The van der Waals surface area contributed by atoms with Gasteiger partial charge < -0.3 is 22.5 Å². The minimum absolute atomic E-state index is 0.0135. The van der Waals surface area contributed by atoms with Crippen LogP contribution >= 0.6 is 0 Å². The van der Waals surface area contributed by atoms with Crippen LogP contribution in [0.4, 0.5) is 10.1 Å². The SMILES string of the molecule is N#Cc1ccc(C(N)(CCC2CC2)c2ccc(F)c(NC(=O)c3cc(C(N)=O)n(-c4cccc(CN)c4)n3)c2)cc1. The van der Waals surface area contributed by atoms with Crippen molar-refractivity contribution in [2.45, 2.75) is 37.8 Å². The first-order valence-electron chi connectivity index (χ1n) is 13.3. The normalized spacial score (nSPS) is 14.2. The van der Waals surface area contributed by atoms with E-state index >= 15 is 4.39 Å². The van der Waals surface area contributed by atoms with Crippen LogP contribution < -0.4 is 22.5 Å². The van der Waals surface area contributed by atoms with Crippen molar-refractivity contribution in [2.24, 2.45) is 23.1 Å². The minimum Gasteiger partial charge on any atom is -0.364 e. The predicted octanol–water partition coefficient (Wildman–Crippen LogP) is 4.09. The van der Waals surface area contributed by atoms with E-state index in [1.165, 1.54) is 22.9 Å². The zero-order valence-electron chi connectivity index (χ0n) is 22.3. The molecule has 4 aromatic rings. The molecule has 41 heavy (non-hydrogen) atoms. The molecular formula is C31H30FN7O2. The molecule has 0 bridgehead atoms. The molecule has 1 aliphatic carbocycles. The molecule has 0 aliphatic heterocycles. The van der Waals surface area contributed by atoms with E-state index in [0.29, 0.717) is 29.2 Å². The van der Waals surface area contributed by atoms with Crippen LogP contribution in [0.25, 0.3) is 5.69 Å². The fraction of sp³-hybridized carbons (Fsp3) is 0.226. The minimum atomic E-state index is -0.974. The van der Waals surface area contributed by atoms with E-state index in [1.54, 1.807) is 36.4 Å². The highest BCUT2D eigenvalue weighted by Gasteiger charge is 2.33. The number of nitriles is 1. The third-order valence-corrected chi connectivity index (χ3v) is 7.49. The summed E-state index contributed by atoms with van der Waals surface area (Å²) in [6.45, 7) is 0.274. The van der Waals surface area contributed by atoms with Gasteiger partial charge in [0, 0.05) is 12.6 Å². The summed E-state index contributed by atoms with van der Waals surface area (Å²) in [4.78, 5) is 25.4. The van der Waals surface area contributed by atoms with Crippen molar-refractivity contribution in [1.29, 1.82) is 5.26 Å². The number of hydrogen-bond donors (Lipinski definition) is 4. The first kappa shape index (κ1) is 27.7. The molecule has 0 saturated heterocycles. The number of anilines is 1. The molecule has 3 aromatic carbocycles. The molecule has 0 radical (unpaired) electrons. The van der Waals surface area contributed by atoms with Crippen molar-refractivity contribution in [3.63, 3.8) is 0 Å². The van der Waals surface area contributed by atoms with E-state index in [9.17, 15) is 14.9 Å². The Morgan fingerprint density at radius 2 is 1.80 bits per heavy atom. The Morgan fingerprint density at radius 3 is 2.46 bits per heavy atom. The maximum Gasteiger partial charge on any atom is 0.276 e. The summed E-state index contributed by atoms with van der Waals surface area (Å²) in [6.07, 6.45) is 3.82. The van der Waals surface area contributed by atoms with Crippen LogP contribution in [-0.2, 0) is 12.1 Å². The molecule has 1 atom stereocenters. The smallest absolute Gasteiger partial charge is 0.276 e. The average Bonchev–Trinajstić information content (AvgIpc) is 3.71. The van der Waals surface area contributed by atoms with Crippen LogP contribution in [0.15, 0.2) is 72.8 Å². The number of carbonyl (C=O) groups excluding carboxylic acids is 2. The number of primary amides is 1. The number of hydrogen-bond acceptors (Lipinski definition) is 6. The summed E-state index contributed by atoms with van der Waals surface area (Å²) < 4.78 is 16.3. The van der Waals surface area contributed by atoms with E-state index in [-0.39, 0.29) is 23.6 Å². The van der Waals surface area contributed by atoms with Gasteiger partial charge in [0.05, 0.1) is 28.5 Å². The highest BCUT2D eigenvalue weighted by Crippen LogP contribution is 2.40. The lowest BCUT2D eigenvalue weighted by Gasteiger charge is -2.31. The molecule has 0 spiro atoms. The van der Waals surface area contributed by atoms with Crippen molar-refractivity contribution >= 4 is 17.5 Å². The van der Waals surface area contributed by atoms with Crippen molar-refractivity contribution in [3.8, 4) is 11.8 Å². The maximum absolute atomic E-state index is 15.0. The number of nitrogens with zero attached hydrogens (tertiary/aromatic N) is 3. The molecule has 208 valence electrons. The topological polar surface area (TPSA) is 166 Å². The number of benzene rings is 3. The summed E-state index contributed by atoms with van der Waals surface area (Å²) in [6, 6.07) is 21.8. The molecule has 9 nitrogen and oxygen atoms in total. The van der Waals surface area contributed by atoms with Gasteiger partial charge in [-0.1, -0.05) is 43.2 Å². The van der Waals surface area contributed by atoms with Gasteiger partial charge in [0.2, 0.25) is 0 Å². The van der Waals surface area contributed by atoms with Crippen molar-refractivity contribution in [2.75, 3.05) is 5.32 Å². The largest absolute Gasteiger partial charge is 0.364 e. The highest BCUT2D eigenvalue weighted by atomic mass is 19.1. The predicted molar refractivity (Wildman–Crippen MR) is 152 cm³/mol. The molecule has 1 heterocycles. The van der Waals surface area contributed by atoms with Gasteiger partial charge in [0.1, 0.15) is 11.5 Å². The van der Waals surface area contributed by atoms with E-state index in [4.69, 9.17) is 17.2 Å². The molecule has 2 amide bonds. The lowest BCUT2D eigenvalue weighted by molar-refractivity contribution is 0.0991. The monoisotopic (exact) mass is 551 g/mol. The Labute approximate surface area is 236 Å². The van der Waals surface area contributed by atoms with E-state index in [2.05, 4.69) is 16.5 Å². The molecule has 7 N–H and O–H groups in total. The van der Waals surface area contributed by atoms with Gasteiger partial charge in [-0.3, -0.25) is 9.59 Å². The van der Waals surface area contributed by atoms with Crippen LogP contribution in [0.1, 0.15) is 68.9 Å². The zero-order chi connectivity index (χ0) is 29.1. The lowest BCUT2D eigenvalue weighted by Crippen LogP contribution is -2.38. The quantitative estimate of drug-likeness (QED) is 0.232. The second kappa shape index (κ2) is 11.3. The van der Waals surface area contributed by atoms with Gasteiger partial charge >= 0.3 is 0 Å². The van der Waals surface area contributed by atoms with Gasteiger partial charge in [-0.25, -0.2) is 9.07 Å². The number of nitrogens with one attached hydrogen (secondary N) is 1. The third kappa shape index (κ3) is 5.87. The van der Waals surface area contributed by atoms with Gasteiger partial charge in [0.15, 0.2) is 5.69 Å². The van der Waals surface area contributed by atoms with Crippen LogP contribution in [0.2, 0.25) is 0 Å². The fourth-order valence-corrected chi connectivity index (χ4v) is 4.90. The van der Waals surface area contributed by atoms with Crippen LogP contribution in [0, 0.1) is 23.1 Å². The molecule has 10 heteroatoms. The first-order valence-corrected chi connectivity index (χ1v) is 13.3. The second-order valence-electron chi connectivity index (χ2n) is 10.4. The van der Waals surface area contributed by atoms with Crippen molar-refractivity contribution in [1.82, 2.24) is 9.78 Å². The summed E-state index contributed by atoms with van der Waals surface area (Å²) in [5.74, 6) is -1.56. The summed E-state index contributed by atoms with van der Waals surface area (Å²) in [5.41, 5.74) is 20.3. The fourth-order valence-electron chi connectivity index (χ4n) is 4.90. The lowest BCUT2D eigenvalue weighted by atomic mass is 9.79. The Kier molecular flexibility index (Phi) is 7.66.